The van der Waals surface area contributed by atoms with Gasteiger partial charge in [0.15, 0.2) is 0 Å². The molecule has 6 heteroatoms. The number of amides is 1. The minimum atomic E-state index is -0.971. The van der Waals surface area contributed by atoms with Gasteiger partial charge < -0.3 is 20.9 Å². The molecule has 116 valence electrons. The number of carboxylic acid groups (broad SMARTS) is 1. The second kappa shape index (κ2) is 7.08. The first-order valence-corrected chi connectivity index (χ1v) is 6.75. The molecule has 0 saturated carbocycles. The molecular formula is C15H22N2O4. The first-order chi connectivity index (χ1) is 9.69. The van der Waals surface area contributed by atoms with Crippen LogP contribution < -0.4 is 11.1 Å². The lowest BCUT2D eigenvalue weighted by molar-refractivity contribution is 0.0525. The molecule has 0 radical (unpaired) electrons. The number of alkyl carbamates (subject to hydrolysis) is 1. The largest absolute Gasteiger partial charge is 0.478 e. The number of carboxylic acids is 1. The number of hydrogen-bond acceptors (Lipinski definition) is 4. The monoisotopic (exact) mass is 294 g/mol. The zero-order valence-electron chi connectivity index (χ0n) is 12.6. The van der Waals surface area contributed by atoms with Crippen molar-refractivity contribution < 1.29 is 19.4 Å². The molecule has 0 fully saturated rings. The third-order valence-electron chi connectivity index (χ3n) is 2.71. The van der Waals surface area contributed by atoms with E-state index < -0.39 is 17.7 Å². The van der Waals surface area contributed by atoms with E-state index in [-0.39, 0.29) is 11.6 Å². The molecule has 1 atom stereocenters. The van der Waals surface area contributed by atoms with Gasteiger partial charge in [0.2, 0.25) is 0 Å². The van der Waals surface area contributed by atoms with Gasteiger partial charge in [0, 0.05) is 12.6 Å². The lowest BCUT2D eigenvalue weighted by Crippen LogP contribution is -2.34. The number of benzene rings is 1. The Morgan fingerprint density at radius 1 is 1.29 bits per heavy atom. The van der Waals surface area contributed by atoms with Gasteiger partial charge >= 0.3 is 12.1 Å². The Labute approximate surface area is 124 Å². The number of ether oxygens (including phenoxy) is 1. The van der Waals surface area contributed by atoms with Gasteiger partial charge in [-0.1, -0.05) is 12.1 Å². The van der Waals surface area contributed by atoms with Gasteiger partial charge in [0.1, 0.15) is 5.60 Å². The SMILES string of the molecule is CC(C)(C)OC(=O)NCCC(N)c1ccc(C(=O)O)cc1. The maximum absolute atomic E-state index is 11.5. The van der Waals surface area contributed by atoms with Crippen LogP contribution in [0.3, 0.4) is 0 Å². The Balaban J connectivity index is 2.42. The topological polar surface area (TPSA) is 102 Å². The average Bonchev–Trinajstić information content (AvgIpc) is 2.36. The average molecular weight is 294 g/mol. The van der Waals surface area contributed by atoms with E-state index in [1.165, 1.54) is 12.1 Å². The normalized spacial score (nSPS) is 12.6. The zero-order valence-corrected chi connectivity index (χ0v) is 12.6. The lowest BCUT2D eigenvalue weighted by atomic mass is 10.0. The number of carbonyl (C=O) groups excluding carboxylic acids is 1. The highest BCUT2D eigenvalue weighted by Gasteiger charge is 2.16. The first kappa shape index (κ1) is 17.0. The van der Waals surface area contributed by atoms with Crippen molar-refractivity contribution in [3.05, 3.63) is 35.4 Å². The summed E-state index contributed by atoms with van der Waals surface area (Å²) in [7, 11) is 0. The quantitative estimate of drug-likeness (QED) is 0.773. The maximum atomic E-state index is 11.5. The number of nitrogens with one attached hydrogen (secondary N) is 1. The fourth-order valence-electron chi connectivity index (χ4n) is 1.68. The maximum Gasteiger partial charge on any atom is 0.407 e. The smallest absolute Gasteiger partial charge is 0.407 e. The van der Waals surface area contributed by atoms with Crippen LogP contribution >= 0.6 is 0 Å². The number of hydrogen-bond donors (Lipinski definition) is 3. The van der Waals surface area contributed by atoms with E-state index in [0.717, 1.165) is 5.56 Å². The van der Waals surface area contributed by atoms with Crippen molar-refractivity contribution in [2.45, 2.75) is 38.8 Å². The van der Waals surface area contributed by atoms with Crippen LogP contribution in [0.4, 0.5) is 4.79 Å². The Bertz CT molecular complexity index is 491. The highest BCUT2D eigenvalue weighted by molar-refractivity contribution is 5.87. The third-order valence-corrected chi connectivity index (χ3v) is 2.71. The molecule has 21 heavy (non-hydrogen) atoms. The van der Waals surface area contributed by atoms with Crippen LogP contribution in [0.25, 0.3) is 0 Å². The zero-order chi connectivity index (χ0) is 16.0. The summed E-state index contributed by atoms with van der Waals surface area (Å²) in [6, 6.07) is 6.11. The van der Waals surface area contributed by atoms with Crippen LogP contribution in [0.2, 0.25) is 0 Å². The van der Waals surface area contributed by atoms with Gasteiger partial charge in [-0.25, -0.2) is 9.59 Å². The molecule has 0 aliphatic heterocycles. The Hall–Kier alpha value is -2.08. The molecule has 1 unspecified atom stereocenters. The fourth-order valence-corrected chi connectivity index (χ4v) is 1.68. The van der Waals surface area contributed by atoms with Crippen molar-refractivity contribution in [1.29, 1.82) is 0 Å². The van der Waals surface area contributed by atoms with E-state index in [1.54, 1.807) is 32.9 Å². The summed E-state index contributed by atoms with van der Waals surface area (Å²) < 4.78 is 5.11. The van der Waals surface area contributed by atoms with Crippen molar-refractivity contribution in [2.75, 3.05) is 6.54 Å². The summed E-state index contributed by atoms with van der Waals surface area (Å²) in [6.07, 6.45) is 0.0574. The van der Waals surface area contributed by atoms with E-state index in [0.29, 0.717) is 13.0 Å². The number of carbonyl (C=O) groups is 2. The van der Waals surface area contributed by atoms with Gasteiger partial charge in [-0.2, -0.15) is 0 Å². The molecule has 0 heterocycles. The molecular weight excluding hydrogens is 272 g/mol. The fraction of sp³-hybridized carbons (Fsp3) is 0.467. The van der Waals surface area contributed by atoms with Gasteiger partial charge in [0.05, 0.1) is 5.56 Å². The number of aromatic carboxylic acids is 1. The van der Waals surface area contributed by atoms with Gasteiger partial charge in [-0.15, -0.1) is 0 Å². The van der Waals surface area contributed by atoms with Crippen LogP contribution in [0, 0.1) is 0 Å². The van der Waals surface area contributed by atoms with E-state index in [4.69, 9.17) is 15.6 Å². The minimum Gasteiger partial charge on any atom is -0.478 e. The Morgan fingerprint density at radius 2 is 1.86 bits per heavy atom. The summed E-state index contributed by atoms with van der Waals surface area (Å²) in [6.45, 7) is 5.77. The predicted molar refractivity (Wildman–Crippen MR) is 79.2 cm³/mol. The van der Waals surface area contributed by atoms with Crippen molar-refractivity contribution in [3.8, 4) is 0 Å². The molecule has 0 aromatic heterocycles. The Kier molecular flexibility index (Phi) is 5.72. The highest BCUT2D eigenvalue weighted by atomic mass is 16.6. The van der Waals surface area contributed by atoms with E-state index >= 15 is 0 Å². The van der Waals surface area contributed by atoms with Crippen molar-refractivity contribution in [2.24, 2.45) is 5.73 Å². The number of nitrogens with two attached hydrogens (primary N) is 1. The molecule has 0 spiro atoms. The highest BCUT2D eigenvalue weighted by Crippen LogP contribution is 2.14. The summed E-state index contributed by atoms with van der Waals surface area (Å²) in [4.78, 5) is 22.2. The number of rotatable bonds is 5. The van der Waals surface area contributed by atoms with Crippen LogP contribution in [0.5, 0.6) is 0 Å². The second-order valence-corrected chi connectivity index (χ2v) is 5.75. The van der Waals surface area contributed by atoms with Gasteiger partial charge in [-0.05, 0) is 44.9 Å². The predicted octanol–water partition coefficient (Wildman–Crippen LogP) is 2.30. The third kappa shape index (κ3) is 6.27. The molecule has 4 N–H and O–H groups in total. The summed E-state index contributed by atoms with van der Waals surface area (Å²) in [5.41, 5.74) is 6.51. The van der Waals surface area contributed by atoms with Crippen LogP contribution in [0.1, 0.15) is 49.2 Å². The van der Waals surface area contributed by atoms with E-state index in [2.05, 4.69) is 5.32 Å². The van der Waals surface area contributed by atoms with Gasteiger partial charge in [0.25, 0.3) is 0 Å². The summed E-state index contributed by atoms with van der Waals surface area (Å²) in [5.74, 6) is -0.971. The molecule has 6 nitrogen and oxygen atoms in total. The second-order valence-electron chi connectivity index (χ2n) is 5.75. The first-order valence-electron chi connectivity index (χ1n) is 6.75. The van der Waals surface area contributed by atoms with Crippen molar-refractivity contribution in [1.82, 2.24) is 5.32 Å². The van der Waals surface area contributed by atoms with Crippen LogP contribution in [0.15, 0.2) is 24.3 Å². The Morgan fingerprint density at radius 3 is 2.33 bits per heavy atom. The van der Waals surface area contributed by atoms with Crippen LogP contribution in [-0.4, -0.2) is 29.3 Å². The van der Waals surface area contributed by atoms with Crippen molar-refractivity contribution in [3.63, 3.8) is 0 Å². The van der Waals surface area contributed by atoms with Crippen molar-refractivity contribution >= 4 is 12.1 Å². The molecule has 0 saturated heterocycles. The minimum absolute atomic E-state index is 0.220. The lowest BCUT2D eigenvalue weighted by Gasteiger charge is -2.20. The molecule has 0 bridgehead atoms. The van der Waals surface area contributed by atoms with Gasteiger partial charge in [-0.3, -0.25) is 0 Å². The molecule has 0 aliphatic rings. The molecule has 1 aromatic rings. The van der Waals surface area contributed by atoms with E-state index in [1.807, 2.05) is 0 Å². The summed E-state index contributed by atoms with van der Waals surface area (Å²) in [5, 5.41) is 11.5. The standard InChI is InChI=1S/C15H22N2O4/c1-15(2,3)21-14(20)17-9-8-12(16)10-4-6-11(7-5-10)13(18)19/h4-7,12H,8-9,16H2,1-3H3,(H,17,20)(H,18,19). The molecule has 1 amide bonds. The molecule has 1 rings (SSSR count). The van der Waals surface area contributed by atoms with E-state index in [9.17, 15) is 9.59 Å². The van der Waals surface area contributed by atoms with Crippen LogP contribution in [-0.2, 0) is 4.74 Å². The summed E-state index contributed by atoms with van der Waals surface area (Å²) >= 11 is 0. The molecule has 0 aliphatic carbocycles. The molecule has 1 aromatic carbocycles.